The second-order valence-corrected chi connectivity index (χ2v) is 9.44. The molecule has 1 amide bonds. The highest BCUT2D eigenvalue weighted by atomic mass is 32.2. The molecule has 1 aliphatic heterocycles. The average molecular weight is 376 g/mol. The van der Waals surface area contributed by atoms with Gasteiger partial charge in [-0.3, -0.25) is 4.79 Å². The number of carbonyl (C=O) groups excluding carboxylic acids is 1. The van der Waals surface area contributed by atoms with Crippen LogP contribution in [0.5, 0.6) is 0 Å². The Bertz CT molecular complexity index is 681. The molecule has 0 radical (unpaired) electrons. The summed E-state index contributed by atoms with van der Waals surface area (Å²) in [7, 11) is 0. The number of nitrogens with one attached hydrogen (secondary N) is 1. The quantitative estimate of drug-likeness (QED) is 0.737. The average Bonchev–Trinajstić information content (AvgIpc) is 3.11. The van der Waals surface area contributed by atoms with Gasteiger partial charge in [0.2, 0.25) is 5.91 Å². The number of hydrogen-bond donors (Lipinski definition) is 1. The number of thioether (sulfide) groups is 3. The van der Waals surface area contributed by atoms with Gasteiger partial charge in [0.25, 0.3) is 0 Å². The number of carbonyl (C=O) groups is 1. The van der Waals surface area contributed by atoms with E-state index in [1.165, 1.54) is 28.2 Å². The third kappa shape index (κ3) is 5.23. The van der Waals surface area contributed by atoms with Gasteiger partial charge in [-0.2, -0.15) is 0 Å². The maximum Gasteiger partial charge on any atom is 0.234 e. The van der Waals surface area contributed by atoms with E-state index in [0.29, 0.717) is 10.3 Å². The van der Waals surface area contributed by atoms with E-state index in [4.69, 9.17) is 0 Å². The van der Waals surface area contributed by atoms with Crippen molar-refractivity contribution in [3.05, 3.63) is 65.2 Å². The molecule has 1 fully saturated rings. The van der Waals surface area contributed by atoms with Gasteiger partial charge in [0.15, 0.2) is 0 Å². The molecule has 0 bridgehead atoms. The van der Waals surface area contributed by atoms with E-state index >= 15 is 0 Å². The highest BCUT2D eigenvalue weighted by Crippen LogP contribution is 2.45. The molecule has 1 N–H and O–H groups in total. The minimum atomic E-state index is 0.0657. The molecule has 0 unspecified atom stereocenters. The van der Waals surface area contributed by atoms with Gasteiger partial charge in [0.1, 0.15) is 0 Å². The third-order valence-electron chi connectivity index (χ3n) is 3.69. The summed E-state index contributed by atoms with van der Waals surface area (Å²) in [4.78, 5) is 12.1. The van der Waals surface area contributed by atoms with Crippen LogP contribution in [0, 0.1) is 6.92 Å². The fourth-order valence-corrected chi connectivity index (χ4v) is 6.08. The van der Waals surface area contributed by atoms with Crippen molar-refractivity contribution in [3.8, 4) is 0 Å². The smallest absolute Gasteiger partial charge is 0.234 e. The van der Waals surface area contributed by atoms with Crippen molar-refractivity contribution < 1.29 is 4.79 Å². The van der Waals surface area contributed by atoms with Crippen molar-refractivity contribution in [1.29, 1.82) is 0 Å². The Kier molecular flexibility index (Phi) is 6.58. The van der Waals surface area contributed by atoms with Crippen LogP contribution in [0.3, 0.4) is 0 Å². The molecule has 0 aromatic heterocycles. The van der Waals surface area contributed by atoms with Crippen molar-refractivity contribution >= 4 is 46.9 Å². The molecule has 2 aromatic carbocycles. The van der Waals surface area contributed by atoms with Gasteiger partial charge in [-0.05, 0) is 30.2 Å². The predicted molar refractivity (Wildman–Crippen MR) is 110 cm³/mol. The van der Waals surface area contributed by atoms with Crippen molar-refractivity contribution in [1.82, 2.24) is 0 Å². The maximum absolute atomic E-state index is 12.1. The van der Waals surface area contributed by atoms with Crippen LogP contribution in [-0.4, -0.2) is 23.2 Å². The van der Waals surface area contributed by atoms with Gasteiger partial charge in [-0.15, -0.1) is 35.3 Å². The van der Waals surface area contributed by atoms with Crippen LogP contribution < -0.4 is 5.32 Å². The number of hydrogen-bond acceptors (Lipinski definition) is 4. The lowest BCUT2D eigenvalue weighted by molar-refractivity contribution is -0.113. The standard InChI is InChI=1S/C19H21NOS3/c1-14-5-7-15(8-6-14)12-22-13-18(21)20-17-4-2-3-16(11-17)19-23-9-10-24-19/h2-8,11,19H,9-10,12-13H2,1H3,(H,20,21). The lowest BCUT2D eigenvalue weighted by Gasteiger charge is -2.11. The molecule has 1 saturated heterocycles. The third-order valence-corrected chi connectivity index (χ3v) is 7.79. The molecule has 1 heterocycles. The topological polar surface area (TPSA) is 29.1 Å². The molecule has 5 heteroatoms. The van der Waals surface area contributed by atoms with Crippen LogP contribution in [-0.2, 0) is 10.5 Å². The lowest BCUT2D eigenvalue weighted by atomic mass is 10.2. The first-order valence-electron chi connectivity index (χ1n) is 7.97. The Hall–Kier alpha value is -1.04. The minimum Gasteiger partial charge on any atom is -0.325 e. The first kappa shape index (κ1) is 17.8. The molecule has 0 spiro atoms. The number of rotatable bonds is 6. The predicted octanol–water partition coefficient (Wildman–Crippen LogP) is 5.35. The lowest BCUT2D eigenvalue weighted by Crippen LogP contribution is -2.14. The monoisotopic (exact) mass is 375 g/mol. The van der Waals surface area contributed by atoms with Crippen LogP contribution in [0.4, 0.5) is 5.69 Å². The number of amides is 1. The summed E-state index contributed by atoms with van der Waals surface area (Å²) in [5, 5.41) is 3.02. The summed E-state index contributed by atoms with van der Waals surface area (Å²) in [5.41, 5.74) is 4.73. The zero-order valence-electron chi connectivity index (χ0n) is 13.7. The number of aryl methyl sites for hydroxylation is 1. The van der Waals surface area contributed by atoms with E-state index in [-0.39, 0.29) is 5.91 Å². The SMILES string of the molecule is Cc1ccc(CSCC(=O)Nc2cccc(C3SCCS3)c2)cc1. The fraction of sp³-hybridized carbons (Fsp3) is 0.316. The molecule has 1 aliphatic rings. The molecule has 2 nitrogen and oxygen atoms in total. The van der Waals surface area contributed by atoms with Crippen molar-refractivity contribution in [2.24, 2.45) is 0 Å². The first-order chi connectivity index (χ1) is 11.7. The zero-order valence-corrected chi connectivity index (χ0v) is 16.1. The molecular formula is C19H21NOS3. The van der Waals surface area contributed by atoms with E-state index < -0.39 is 0 Å². The van der Waals surface area contributed by atoms with E-state index in [0.717, 1.165) is 11.4 Å². The summed E-state index contributed by atoms with van der Waals surface area (Å²) in [5.74, 6) is 3.83. The molecule has 2 aromatic rings. The Balaban J connectivity index is 1.47. The van der Waals surface area contributed by atoms with Crippen LogP contribution in [0.2, 0.25) is 0 Å². The van der Waals surface area contributed by atoms with Crippen LogP contribution in [0.25, 0.3) is 0 Å². The molecule has 126 valence electrons. The van der Waals surface area contributed by atoms with Crippen molar-refractivity contribution in [2.75, 3.05) is 22.6 Å². The van der Waals surface area contributed by atoms with Gasteiger partial charge >= 0.3 is 0 Å². The van der Waals surface area contributed by atoms with Gasteiger partial charge in [-0.25, -0.2) is 0 Å². The second-order valence-electron chi connectivity index (χ2n) is 5.73. The Morgan fingerprint density at radius 2 is 1.92 bits per heavy atom. The van der Waals surface area contributed by atoms with E-state index in [1.807, 2.05) is 35.7 Å². The molecule has 0 aliphatic carbocycles. The molecule has 3 rings (SSSR count). The summed E-state index contributed by atoms with van der Waals surface area (Å²) in [6.07, 6.45) is 0. The second kappa shape index (κ2) is 8.88. The summed E-state index contributed by atoms with van der Waals surface area (Å²) in [6, 6.07) is 16.7. The minimum absolute atomic E-state index is 0.0657. The molecule has 0 saturated carbocycles. The van der Waals surface area contributed by atoms with Crippen LogP contribution in [0.15, 0.2) is 48.5 Å². The summed E-state index contributed by atoms with van der Waals surface area (Å²) >= 11 is 5.61. The van der Waals surface area contributed by atoms with Crippen molar-refractivity contribution in [2.45, 2.75) is 17.3 Å². The fourth-order valence-electron chi connectivity index (χ4n) is 2.46. The van der Waals surface area contributed by atoms with E-state index in [2.05, 4.69) is 48.6 Å². The van der Waals surface area contributed by atoms with E-state index in [1.54, 1.807) is 11.8 Å². The maximum atomic E-state index is 12.1. The summed E-state index contributed by atoms with van der Waals surface area (Å²) in [6.45, 7) is 2.08. The zero-order chi connectivity index (χ0) is 16.8. The Morgan fingerprint density at radius 3 is 2.67 bits per heavy atom. The Labute approximate surface area is 156 Å². The van der Waals surface area contributed by atoms with E-state index in [9.17, 15) is 4.79 Å². The van der Waals surface area contributed by atoms with Crippen LogP contribution >= 0.6 is 35.3 Å². The van der Waals surface area contributed by atoms with Gasteiger partial charge in [0, 0.05) is 22.9 Å². The first-order valence-corrected chi connectivity index (χ1v) is 11.2. The van der Waals surface area contributed by atoms with Crippen molar-refractivity contribution in [3.63, 3.8) is 0 Å². The number of anilines is 1. The normalized spacial score (nSPS) is 14.7. The molecule has 0 atom stereocenters. The van der Waals surface area contributed by atoms with Crippen LogP contribution in [0.1, 0.15) is 21.3 Å². The molecular weight excluding hydrogens is 354 g/mol. The van der Waals surface area contributed by atoms with Gasteiger partial charge in [0.05, 0.1) is 10.3 Å². The highest BCUT2D eigenvalue weighted by molar-refractivity contribution is 8.19. The van der Waals surface area contributed by atoms with Gasteiger partial charge < -0.3 is 5.32 Å². The highest BCUT2D eigenvalue weighted by Gasteiger charge is 2.18. The number of benzene rings is 2. The molecule has 24 heavy (non-hydrogen) atoms. The summed E-state index contributed by atoms with van der Waals surface area (Å²) < 4.78 is 0.512. The Morgan fingerprint density at radius 1 is 1.17 bits per heavy atom. The van der Waals surface area contributed by atoms with Gasteiger partial charge in [-0.1, -0.05) is 42.0 Å². The largest absolute Gasteiger partial charge is 0.325 e.